The van der Waals surface area contributed by atoms with Crippen molar-refractivity contribution in [2.24, 2.45) is 0 Å². The molecule has 1 aromatic heterocycles. The Morgan fingerprint density at radius 1 is 1.44 bits per heavy atom. The van der Waals surface area contributed by atoms with Gasteiger partial charge < -0.3 is 4.57 Å². The molecule has 0 amide bonds. The molecule has 0 radical (unpaired) electrons. The molecule has 0 spiro atoms. The molecule has 2 nitrogen and oxygen atoms in total. The minimum atomic E-state index is 0.0738. The molecule has 0 bridgehead atoms. The van der Waals surface area contributed by atoms with Crippen LogP contribution in [0.25, 0.3) is 6.20 Å². The van der Waals surface area contributed by atoms with Crippen LogP contribution in [0.5, 0.6) is 0 Å². The maximum atomic E-state index is 11.5. The first kappa shape index (κ1) is 10.00. The molecule has 1 aliphatic heterocycles. The third-order valence-electron chi connectivity index (χ3n) is 2.55. The highest BCUT2D eigenvalue weighted by Gasteiger charge is 2.21. The van der Waals surface area contributed by atoms with Gasteiger partial charge in [0.2, 0.25) is 0 Å². The number of fused-ring (bicyclic) bond motifs is 1. The van der Waals surface area contributed by atoms with E-state index in [-0.39, 0.29) is 5.78 Å². The highest BCUT2D eigenvalue weighted by Crippen LogP contribution is 2.40. The Morgan fingerprint density at radius 2 is 2.31 bits per heavy atom. The Hall–Kier alpha value is -1.19. The third kappa shape index (κ3) is 1.56. The molecular formula is C12H8ClNOS. The van der Waals surface area contributed by atoms with Crippen LogP contribution in [0.3, 0.4) is 0 Å². The van der Waals surface area contributed by atoms with Crippen LogP contribution in [0, 0.1) is 0 Å². The van der Waals surface area contributed by atoms with Gasteiger partial charge in [0.1, 0.15) is 0 Å². The van der Waals surface area contributed by atoms with E-state index in [0.29, 0.717) is 11.5 Å². The van der Waals surface area contributed by atoms with E-state index in [0.717, 1.165) is 15.5 Å². The average molecular weight is 250 g/mol. The van der Waals surface area contributed by atoms with Crippen LogP contribution < -0.4 is 0 Å². The van der Waals surface area contributed by atoms with E-state index in [1.54, 1.807) is 11.8 Å². The van der Waals surface area contributed by atoms with Crippen molar-refractivity contribution in [1.82, 2.24) is 4.57 Å². The molecule has 1 aliphatic carbocycles. The molecule has 2 aliphatic rings. The molecule has 1 aromatic rings. The molecule has 0 aromatic carbocycles. The first-order valence-electron chi connectivity index (χ1n) is 4.90. The molecule has 0 atom stereocenters. The van der Waals surface area contributed by atoms with Gasteiger partial charge in [-0.2, -0.15) is 0 Å². The lowest BCUT2D eigenvalue weighted by molar-refractivity contribution is -0.114. The third-order valence-corrected chi connectivity index (χ3v) is 4.03. The number of nitrogens with zero attached hydrogens (tertiary/aromatic N) is 1. The lowest BCUT2D eigenvalue weighted by atomic mass is 10.1. The van der Waals surface area contributed by atoms with E-state index < -0.39 is 0 Å². The van der Waals surface area contributed by atoms with E-state index >= 15 is 0 Å². The molecule has 2 heterocycles. The SMILES string of the molecule is O=C1C=C(Cl)C2=C(C1)Sc1cccn1C=C2. The van der Waals surface area contributed by atoms with Crippen molar-refractivity contribution < 1.29 is 4.79 Å². The summed E-state index contributed by atoms with van der Waals surface area (Å²) >= 11 is 7.69. The van der Waals surface area contributed by atoms with Gasteiger partial charge in [-0.3, -0.25) is 4.79 Å². The summed E-state index contributed by atoms with van der Waals surface area (Å²) in [7, 11) is 0. The Morgan fingerprint density at radius 3 is 3.19 bits per heavy atom. The van der Waals surface area contributed by atoms with Crippen molar-refractivity contribution in [2.45, 2.75) is 11.4 Å². The maximum Gasteiger partial charge on any atom is 0.162 e. The first-order chi connectivity index (χ1) is 7.74. The van der Waals surface area contributed by atoms with Crippen molar-refractivity contribution in [3.63, 3.8) is 0 Å². The lowest BCUT2D eigenvalue weighted by Crippen LogP contribution is -2.03. The van der Waals surface area contributed by atoms with Crippen molar-refractivity contribution in [1.29, 1.82) is 0 Å². The topological polar surface area (TPSA) is 22.0 Å². The Balaban J connectivity index is 2.11. The van der Waals surface area contributed by atoms with Crippen LogP contribution in [-0.2, 0) is 4.79 Å². The second-order valence-corrected chi connectivity index (χ2v) is 5.17. The molecule has 80 valence electrons. The van der Waals surface area contributed by atoms with Crippen LogP contribution >= 0.6 is 23.4 Å². The van der Waals surface area contributed by atoms with E-state index in [1.165, 1.54) is 6.08 Å². The van der Waals surface area contributed by atoms with Gasteiger partial charge in [0, 0.05) is 35.4 Å². The number of carbonyl (C=O) groups is 1. The lowest BCUT2D eigenvalue weighted by Gasteiger charge is -2.12. The van der Waals surface area contributed by atoms with Crippen molar-refractivity contribution in [2.75, 3.05) is 0 Å². The number of ketones is 1. The number of hydrogen-bond donors (Lipinski definition) is 0. The maximum absolute atomic E-state index is 11.5. The van der Waals surface area contributed by atoms with Crippen LogP contribution in [-0.4, -0.2) is 10.4 Å². The standard InChI is InChI=1S/C12H8ClNOS/c13-10-6-8(15)7-11-9(10)3-5-14-4-1-2-12(14)16-11/h1-6H,7H2. The molecule has 0 unspecified atom stereocenters. The Kier molecular flexibility index (Phi) is 2.30. The number of carbonyl (C=O) groups excluding carboxylic acids is 1. The molecule has 0 saturated carbocycles. The van der Waals surface area contributed by atoms with Crippen molar-refractivity contribution >= 4 is 35.3 Å². The predicted octanol–water partition coefficient (Wildman–Crippen LogP) is 3.41. The fourth-order valence-corrected chi connectivity index (χ4v) is 3.27. The fraction of sp³-hybridized carbons (Fsp3) is 0.0833. The summed E-state index contributed by atoms with van der Waals surface area (Å²) in [5.74, 6) is 0.0738. The number of thioether (sulfide) groups is 1. The summed E-state index contributed by atoms with van der Waals surface area (Å²) in [6.07, 6.45) is 7.87. The predicted molar refractivity (Wildman–Crippen MR) is 66.2 cm³/mol. The van der Waals surface area contributed by atoms with E-state index in [4.69, 9.17) is 11.6 Å². The zero-order chi connectivity index (χ0) is 11.1. The molecule has 4 heteroatoms. The van der Waals surface area contributed by atoms with Gasteiger partial charge in [0.05, 0.1) is 10.1 Å². The summed E-state index contributed by atoms with van der Waals surface area (Å²) in [4.78, 5) is 12.5. The minimum Gasteiger partial charge on any atom is -0.318 e. The molecule has 3 rings (SSSR count). The minimum absolute atomic E-state index is 0.0738. The van der Waals surface area contributed by atoms with Gasteiger partial charge in [0.25, 0.3) is 0 Å². The van der Waals surface area contributed by atoms with Crippen molar-refractivity contribution in [3.05, 3.63) is 46.0 Å². The first-order valence-corrected chi connectivity index (χ1v) is 6.10. The summed E-state index contributed by atoms with van der Waals surface area (Å²) in [5.41, 5.74) is 0.968. The monoisotopic (exact) mass is 249 g/mol. The average Bonchev–Trinajstić information content (AvgIpc) is 2.57. The zero-order valence-electron chi connectivity index (χ0n) is 8.31. The van der Waals surface area contributed by atoms with Gasteiger partial charge in [-0.1, -0.05) is 23.4 Å². The highest BCUT2D eigenvalue weighted by molar-refractivity contribution is 8.03. The Bertz CT molecular complexity index is 565. The Labute approximate surface area is 102 Å². The number of halogens is 1. The number of allylic oxidation sites excluding steroid dienone is 5. The van der Waals surface area contributed by atoms with Gasteiger partial charge in [-0.05, 0) is 18.2 Å². The molecule has 0 N–H and O–H groups in total. The highest BCUT2D eigenvalue weighted by atomic mass is 35.5. The van der Waals surface area contributed by atoms with E-state index in [9.17, 15) is 4.79 Å². The number of rotatable bonds is 0. The van der Waals surface area contributed by atoms with Gasteiger partial charge >= 0.3 is 0 Å². The largest absolute Gasteiger partial charge is 0.318 e. The van der Waals surface area contributed by atoms with E-state index in [1.807, 2.05) is 35.2 Å². The second-order valence-electron chi connectivity index (χ2n) is 3.64. The van der Waals surface area contributed by atoms with Gasteiger partial charge in [-0.15, -0.1) is 0 Å². The zero-order valence-corrected chi connectivity index (χ0v) is 9.89. The van der Waals surface area contributed by atoms with Gasteiger partial charge in [-0.25, -0.2) is 0 Å². The normalized spacial score (nSPS) is 19.1. The summed E-state index contributed by atoms with van der Waals surface area (Å²) in [6.45, 7) is 0. The van der Waals surface area contributed by atoms with Crippen LogP contribution in [0.15, 0.2) is 51.0 Å². The summed E-state index contributed by atoms with van der Waals surface area (Å²) < 4.78 is 2.03. The second kappa shape index (κ2) is 3.68. The molecule has 0 saturated heterocycles. The van der Waals surface area contributed by atoms with Crippen LogP contribution in [0.4, 0.5) is 0 Å². The summed E-state index contributed by atoms with van der Waals surface area (Å²) in [6, 6.07) is 4.02. The summed E-state index contributed by atoms with van der Waals surface area (Å²) in [5, 5.41) is 1.65. The number of hydrogen-bond acceptors (Lipinski definition) is 2. The molecule has 0 fully saturated rings. The molecular weight excluding hydrogens is 242 g/mol. The van der Waals surface area contributed by atoms with Crippen molar-refractivity contribution in [3.8, 4) is 0 Å². The number of aromatic nitrogens is 1. The fourth-order valence-electron chi connectivity index (χ4n) is 1.79. The van der Waals surface area contributed by atoms with Crippen LogP contribution in [0.2, 0.25) is 0 Å². The van der Waals surface area contributed by atoms with Crippen LogP contribution in [0.1, 0.15) is 6.42 Å². The van der Waals surface area contributed by atoms with Gasteiger partial charge in [0.15, 0.2) is 5.78 Å². The smallest absolute Gasteiger partial charge is 0.162 e. The molecule has 16 heavy (non-hydrogen) atoms. The quantitative estimate of drug-likeness (QED) is 0.703. The van der Waals surface area contributed by atoms with E-state index in [2.05, 4.69) is 0 Å².